The molecule has 3 saturated carbocycles. The quantitative estimate of drug-likeness (QED) is 0.621. The van der Waals surface area contributed by atoms with Gasteiger partial charge in [0, 0.05) is 17.8 Å². The molecule has 0 heterocycles. The zero-order chi connectivity index (χ0) is 20.6. The first-order valence-corrected chi connectivity index (χ1v) is 10.9. The van der Waals surface area contributed by atoms with E-state index in [-0.39, 0.29) is 34.4 Å². The summed E-state index contributed by atoms with van der Waals surface area (Å²) in [5.74, 6) is 0.0522. The summed E-state index contributed by atoms with van der Waals surface area (Å²) >= 11 is 1.00. The number of fused-ring (bicyclic) bond motifs is 5. The Bertz CT molecular complexity index is 884. The molecule has 28 heavy (non-hydrogen) atoms. The Morgan fingerprint density at radius 3 is 2.61 bits per heavy atom. The molecule has 0 amide bonds. The van der Waals surface area contributed by atoms with E-state index in [0.29, 0.717) is 24.2 Å². The van der Waals surface area contributed by atoms with Gasteiger partial charge in [0.25, 0.3) is 0 Å². The van der Waals surface area contributed by atoms with Gasteiger partial charge in [-0.3, -0.25) is 14.4 Å². The third kappa shape index (κ3) is 2.44. The highest BCUT2D eigenvalue weighted by Crippen LogP contribution is 2.67. The monoisotopic (exact) mass is 402 g/mol. The summed E-state index contributed by atoms with van der Waals surface area (Å²) in [6.07, 6.45) is 2.77. The molecule has 0 bridgehead atoms. The number of rotatable bonds is 1. The molecule has 150 valence electrons. The van der Waals surface area contributed by atoms with Crippen molar-refractivity contribution in [1.82, 2.24) is 0 Å². The Morgan fingerprint density at radius 2 is 1.96 bits per heavy atom. The van der Waals surface area contributed by atoms with Crippen LogP contribution >= 0.6 is 11.8 Å². The maximum atomic E-state index is 14.4. The number of hydrogen-bond acceptors (Lipinski definition) is 4. The number of Topliss-reactive ketones (excluding diaryl/α,β-unsaturated/α-hetero) is 1. The van der Waals surface area contributed by atoms with Gasteiger partial charge in [0.2, 0.25) is 0 Å². The predicted molar refractivity (Wildman–Crippen MR) is 108 cm³/mol. The second kappa shape index (κ2) is 6.25. The molecule has 0 radical (unpaired) electrons. The van der Waals surface area contributed by atoms with Crippen LogP contribution in [0.2, 0.25) is 0 Å². The van der Waals surface area contributed by atoms with Gasteiger partial charge in [0.1, 0.15) is 0 Å². The average Bonchev–Trinajstić information content (AvgIpc) is 2.83. The van der Waals surface area contributed by atoms with Crippen LogP contribution in [-0.2, 0) is 14.4 Å². The zero-order valence-corrected chi connectivity index (χ0v) is 17.7. The van der Waals surface area contributed by atoms with Crippen molar-refractivity contribution in [1.29, 1.82) is 0 Å². The van der Waals surface area contributed by atoms with Crippen molar-refractivity contribution in [2.45, 2.75) is 59.5 Å². The van der Waals surface area contributed by atoms with Crippen LogP contribution in [0.1, 0.15) is 53.4 Å². The summed E-state index contributed by atoms with van der Waals surface area (Å²) in [6, 6.07) is 0. The molecule has 0 aromatic heterocycles. The lowest BCUT2D eigenvalue weighted by Gasteiger charge is -2.57. The zero-order valence-electron chi connectivity index (χ0n) is 16.9. The molecule has 4 aliphatic carbocycles. The van der Waals surface area contributed by atoms with E-state index in [1.807, 2.05) is 13.8 Å². The summed E-state index contributed by atoms with van der Waals surface area (Å²) in [4.78, 5) is 37.6. The van der Waals surface area contributed by atoms with E-state index in [0.717, 1.165) is 34.9 Å². The Morgan fingerprint density at radius 1 is 1.29 bits per heavy atom. The van der Waals surface area contributed by atoms with Crippen molar-refractivity contribution in [3.05, 3.63) is 34.3 Å². The molecule has 0 N–H and O–H groups in total. The molecule has 4 rings (SSSR count). The third-order valence-electron chi connectivity index (χ3n) is 8.09. The van der Waals surface area contributed by atoms with Crippen molar-refractivity contribution in [2.24, 2.45) is 28.6 Å². The van der Waals surface area contributed by atoms with Crippen LogP contribution in [0.3, 0.4) is 0 Å². The molecule has 0 unspecified atom stereocenters. The van der Waals surface area contributed by atoms with Crippen LogP contribution in [0.25, 0.3) is 0 Å². The molecule has 3 fully saturated rings. The van der Waals surface area contributed by atoms with Crippen molar-refractivity contribution in [3.63, 3.8) is 0 Å². The van der Waals surface area contributed by atoms with Gasteiger partial charge in [-0.25, -0.2) is 4.39 Å². The lowest BCUT2D eigenvalue weighted by atomic mass is 9.46. The van der Waals surface area contributed by atoms with Crippen LogP contribution < -0.4 is 0 Å². The van der Waals surface area contributed by atoms with Gasteiger partial charge in [-0.05, 0) is 79.3 Å². The number of halogens is 1. The van der Waals surface area contributed by atoms with E-state index in [9.17, 15) is 18.8 Å². The number of ketones is 2. The smallest absolute Gasteiger partial charge is 0.192 e. The molecular formula is C23H27FO3S. The van der Waals surface area contributed by atoms with Gasteiger partial charge in [0.15, 0.2) is 22.9 Å². The summed E-state index contributed by atoms with van der Waals surface area (Å²) < 4.78 is 14.4. The van der Waals surface area contributed by atoms with Crippen molar-refractivity contribution < 1.29 is 18.8 Å². The molecule has 3 nitrogen and oxygen atoms in total. The van der Waals surface area contributed by atoms with E-state index < -0.39 is 17.0 Å². The van der Waals surface area contributed by atoms with Gasteiger partial charge in [-0.1, -0.05) is 26.0 Å². The van der Waals surface area contributed by atoms with E-state index in [4.69, 9.17) is 0 Å². The topological polar surface area (TPSA) is 51.2 Å². The van der Waals surface area contributed by atoms with Crippen molar-refractivity contribution in [3.8, 4) is 0 Å². The summed E-state index contributed by atoms with van der Waals surface area (Å²) in [6.45, 7) is 11.8. The van der Waals surface area contributed by atoms with Crippen LogP contribution in [0.4, 0.5) is 4.39 Å². The second-order valence-electron chi connectivity index (χ2n) is 9.40. The molecular weight excluding hydrogens is 375 g/mol. The van der Waals surface area contributed by atoms with E-state index in [1.165, 1.54) is 6.92 Å². The van der Waals surface area contributed by atoms with Crippen molar-refractivity contribution in [2.75, 3.05) is 0 Å². The van der Waals surface area contributed by atoms with E-state index in [1.54, 1.807) is 6.08 Å². The number of allylic oxidation sites excluding steroid dienone is 5. The first-order chi connectivity index (χ1) is 13.0. The number of alkyl halides is 1. The molecule has 0 aromatic rings. The molecule has 0 saturated heterocycles. The van der Waals surface area contributed by atoms with E-state index >= 15 is 0 Å². The fourth-order valence-electron chi connectivity index (χ4n) is 6.64. The Kier molecular flexibility index (Phi) is 4.42. The minimum Gasteiger partial charge on any atom is -0.296 e. The summed E-state index contributed by atoms with van der Waals surface area (Å²) in [7, 11) is 0. The molecule has 4 aliphatic rings. The summed E-state index contributed by atoms with van der Waals surface area (Å²) in [5, 5.41) is -0.112. The van der Waals surface area contributed by atoms with Crippen LogP contribution in [-0.4, -0.2) is 22.9 Å². The lowest BCUT2D eigenvalue weighted by molar-refractivity contribution is -0.134. The molecule has 0 aromatic carbocycles. The van der Waals surface area contributed by atoms with Gasteiger partial charge >= 0.3 is 0 Å². The van der Waals surface area contributed by atoms with E-state index in [2.05, 4.69) is 13.5 Å². The van der Waals surface area contributed by atoms with Gasteiger partial charge in [-0.15, -0.1) is 0 Å². The van der Waals surface area contributed by atoms with Gasteiger partial charge in [0.05, 0.1) is 4.91 Å². The molecule has 6 atom stereocenters. The number of carbonyl (C=O) groups is 3. The Hall–Kier alpha value is -1.49. The second-order valence-corrected chi connectivity index (χ2v) is 10.6. The summed E-state index contributed by atoms with van der Waals surface area (Å²) in [5.41, 5.74) is 1.78. The van der Waals surface area contributed by atoms with Crippen molar-refractivity contribution >= 4 is 28.4 Å². The Balaban J connectivity index is 1.84. The highest BCUT2D eigenvalue weighted by Gasteiger charge is 2.63. The lowest BCUT2D eigenvalue weighted by Crippen LogP contribution is -2.51. The Labute approximate surface area is 169 Å². The average molecular weight is 403 g/mol. The predicted octanol–water partition coefficient (Wildman–Crippen LogP) is 4.98. The number of hydrogen-bond donors (Lipinski definition) is 0. The normalized spacial score (nSPS) is 42.8. The maximum Gasteiger partial charge on any atom is 0.192 e. The van der Waals surface area contributed by atoms with Crippen LogP contribution in [0.5, 0.6) is 0 Å². The number of carbonyl (C=O) groups excluding carboxylic acids is 3. The van der Waals surface area contributed by atoms with Crippen LogP contribution in [0, 0.1) is 28.6 Å². The minimum absolute atomic E-state index is 0.0122. The highest BCUT2D eigenvalue weighted by molar-refractivity contribution is 8.17. The molecule has 0 aliphatic heterocycles. The standard InChI is InChI=1S/C23H27FO3S/c1-11-8-14-15(6-7-22(4)16(14)10-17(24)21(22)27)23(5)12(2)9-18(26)20(19(11)23)28-13(3)25/h9,14-17H,1,6-8,10H2,2-5H3/t14-,15+,16+,17+,22+,23-/m1/s1. The first-order valence-electron chi connectivity index (χ1n) is 10.0. The number of thioether (sulfide) groups is 1. The molecule has 5 heteroatoms. The fourth-order valence-corrected chi connectivity index (χ4v) is 7.55. The first kappa shape index (κ1) is 19.8. The van der Waals surface area contributed by atoms with Gasteiger partial charge in [-0.2, -0.15) is 0 Å². The highest BCUT2D eigenvalue weighted by atomic mass is 32.2. The maximum absolute atomic E-state index is 14.4. The fraction of sp³-hybridized carbons (Fsp3) is 0.609. The molecule has 0 spiro atoms. The van der Waals surface area contributed by atoms with Crippen LogP contribution in [0.15, 0.2) is 34.3 Å². The largest absolute Gasteiger partial charge is 0.296 e. The SMILES string of the molecule is C=C1C[C@@H]2[C@H](CC[C@]3(C)C(=O)[C@@H](F)C[C@@H]23)[C@@]2(C)C(C)=CC(=O)C(SC(C)=O)=C12. The minimum atomic E-state index is -1.36. The van der Waals surface area contributed by atoms with Gasteiger partial charge < -0.3 is 0 Å². The third-order valence-corrected chi connectivity index (χ3v) is 8.99.